The van der Waals surface area contributed by atoms with Crippen molar-refractivity contribution >= 4 is 0 Å². The molecule has 1 aromatic carbocycles. The van der Waals surface area contributed by atoms with Gasteiger partial charge in [0.1, 0.15) is 0 Å². The molecule has 20 heavy (non-hydrogen) atoms. The van der Waals surface area contributed by atoms with E-state index >= 15 is 0 Å². The van der Waals surface area contributed by atoms with Gasteiger partial charge in [0, 0.05) is 13.2 Å². The van der Waals surface area contributed by atoms with Gasteiger partial charge in [0.05, 0.1) is 5.60 Å². The molecule has 0 aromatic heterocycles. The van der Waals surface area contributed by atoms with Crippen LogP contribution < -0.4 is 5.32 Å². The molecule has 1 atom stereocenters. The fraction of sp³-hybridized carbons (Fsp3) is 0.667. The SMILES string of the molecule is CCCNC(Cc1cc(C)cc(C)c1)CC(C)(C)OC. The van der Waals surface area contributed by atoms with Crippen LogP contribution in [0.5, 0.6) is 0 Å². The van der Waals surface area contributed by atoms with Crippen molar-refractivity contribution in [2.45, 2.75) is 65.5 Å². The first-order valence-electron chi connectivity index (χ1n) is 7.72. The molecule has 0 saturated heterocycles. The fourth-order valence-electron chi connectivity index (χ4n) is 2.71. The maximum Gasteiger partial charge on any atom is 0.0637 e. The molecular formula is C18H31NO. The van der Waals surface area contributed by atoms with Gasteiger partial charge >= 0.3 is 0 Å². The lowest BCUT2D eigenvalue weighted by Gasteiger charge is -2.29. The van der Waals surface area contributed by atoms with Crippen LogP contribution in [0.1, 0.15) is 50.3 Å². The Bertz CT molecular complexity index is 392. The molecule has 0 aliphatic carbocycles. The Morgan fingerprint density at radius 1 is 1.15 bits per heavy atom. The lowest BCUT2D eigenvalue weighted by molar-refractivity contribution is 0.00714. The van der Waals surface area contributed by atoms with Crippen molar-refractivity contribution in [1.29, 1.82) is 0 Å². The van der Waals surface area contributed by atoms with Crippen LogP contribution in [0.25, 0.3) is 0 Å². The zero-order valence-electron chi connectivity index (χ0n) is 14.0. The monoisotopic (exact) mass is 277 g/mol. The second-order valence-electron chi connectivity index (χ2n) is 6.52. The number of rotatable bonds is 8. The van der Waals surface area contributed by atoms with E-state index in [9.17, 15) is 0 Å². The average molecular weight is 277 g/mol. The second kappa shape index (κ2) is 7.80. The van der Waals surface area contributed by atoms with Crippen molar-refractivity contribution < 1.29 is 4.74 Å². The van der Waals surface area contributed by atoms with Crippen molar-refractivity contribution in [2.24, 2.45) is 0 Å². The van der Waals surface area contributed by atoms with Crippen LogP contribution in [-0.4, -0.2) is 25.3 Å². The number of benzene rings is 1. The summed E-state index contributed by atoms with van der Waals surface area (Å²) < 4.78 is 5.59. The van der Waals surface area contributed by atoms with E-state index in [4.69, 9.17) is 4.74 Å². The molecule has 0 amide bonds. The van der Waals surface area contributed by atoms with Gasteiger partial charge < -0.3 is 10.1 Å². The summed E-state index contributed by atoms with van der Waals surface area (Å²) in [5.74, 6) is 0. The highest BCUT2D eigenvalue weighted by Gasteiger charge is 2.22. The van der Waals surface area contributed by atoms with Crippen LogP contribution in [0.2, 0.25) is 0 Å². The summed E-state index contributed by atoms with van der Waals surface area (Å²) in [7, 11) is 1.80. The zero-order valence-corrected chi connectivity index (χ0v) is 14.0. The Morgan fingerprint density at radius 2 is 1.75 bits per heavy atom. The van der Waals surface area contributed by atoms with Gasteiger partial charge in [-0.15, -0.1) is 0 Å². The van der Waals surface area contributed by atoms with E-state index in [1.54, 1.807) is 7.11 Å². The average Bonchev–Trinajstić information content (AvgIpc) is 2.34. The van der Waals surface area contributed by atoms with E-state index in [0.29, 0.717) is 6.04 Å². The predicted molar refractivity (Wildman–Crippen MR) is 87.4 cm³/mol. The van der Waals surface area contributed by atoms with Crippen LogP contribution in [-0.2, 0) is 11.2 Å². The summed E-state index contributed by atoms with van der Waals surface area (Å²) in [6.07, 6.45) is 3.25. The highest BCUT2D eigenvalue weighted by Crippen LogP contribution is 2.19. The highest BCUT2D eigenvalue weighted by atomic mass is 16.5. The molecule has 1 aromatic rings. The van der Waals surface area contributed by atoms with Crippen LogP contribution in [0.15, 0.2) is 18.2 Å². The third-order valence-corrected chi connectivity index (χ3v) is 3.74. The first-order chi connectivity index (χ1) is 9.36. The van der Waals surface area contributed by atoms with Crippen LogP contribution in [0.3, 0.4) is 0 Å². The van der Waals surface area contributed by atoms with Crippen LogP contribution in [0, 0.1) is 13.8 Å². The molecule has 0 radical (unpaired) electrons. The third-order valence-electron chi connectivity index (χ3n) is 3.74. The van der Waals surface area contributed by atoms with Gasteiger partial charge in [0.2, 0.25) is 0 Å². The van der Waals surface area contributed by atoms with Gasteiger partial charge in [-0.3, -0.25) is 0 Å². The summed E-state index contributed by atoms with van der Waals surface area (Å²) in [6.45, 7) is 11.9. The molecule has 0 fully saturated rings. The van der Waals surface area contributed by atoms with E-state index in [1.165, 1.54) is 16.7 Å². The highest BCUT2D eigenvalue weighted by molar-refractivity contribution is 5.29. The number of hydrogen-bond acceptors (Lipinski definition) is 2. The molecule has 0 bridgehead atoms. The third kappa shape index (κ3) is 6.06. The summed E-state index contributed by atoms with van der Waals surface area (Å²) in [4.78, 5) is 0. The Balaban J connectivity index is 2.77. The predicted octanol–water partition coefficient (Wildman–Crippen LogP) is 4.03. The van der Waals surface area contributed by atoms with Gasteiger partial charge in [-0.05, 0) is 59.1 Å². The molecule has 0 spiro atoms. The molecule has 114 valence electrons. The van der Waals surface area contributed by atoms with Gasteiger partial charge in [-0.1, -0.05) is 36.2 Å². The second-order valence-corrected chi connectivity index (χ2v) is 6.52. The lowest BCUT2D eigenvalue weighted by atomic mass is 9.92. The molecular weight excluding hydrogens is 246 g/mol. The topological polar surface area (TPSA) is 21.3 Å². The minimum absolute atomic E-state index is 0.0791. The van der Waals surface area contributed by atoms with Gasteiger partial charge in [-0.2, -0.15) is 0 Å². The van der Waals surface area contributed by atoms with Gasteiger partial charge in [0.15, 0.2) is 0 Å². The summed E-state index contributed by atoms with van der Waals surface area (Å²) >= 11 is 0. The molecule has 0 saturated carbocycles. The molecule has 1 unspecified atom stereocenters. The van der Waals surface area contributed by atoms with Crippen molar-refractivity contribution in [3.8, 4) is 0 Å². The Kier molecular flexibility index (Phi) is 6.70. The number of ether oxygens (including phenoxy) is 1. The lowest BCUT2D eigenvalue weighted by Crippen LogP contribution is -2.39. The fourth-order valence-corrected chi connectivity index (χ4v) is 2.71. The molecule has 2 nitrogen and oxygen atoms in total. The van der Waals surface area contributed by atoms with Crippen molar-refractivity contribution in [3.05, 3.63) is 34.9 Å². The summed E-state index contributed by atoms with van der Waals surface area (Å²) in [5, 5.41) is 3.67. The Hall–Kier alpha value is -0.860. The number of methoxy groups -OCH3 is 1. The minimum Gasteiger partial charge on any atom is -0.379 e. The first kappa shape index (κ1) is 17.2. The maximum absolute atomic E-state index is 5.59. The van der Waals surface area contributed by atoms with E-state index in [2.05, 4.69) is 58.1 Å². The quantitative estimate of drug-likeness (QED) is 0.774. The Morgan fingerprint density at radius 3 is 2.25 bits per heavy atom. The number of nitrogens with one attached hydrogen (secondary N) is 1. The standard InChI is InChI=1S/C18H31NO/c1-7-8-19-17(13-18(4,5)20-6)12-16-10-14(2)9-15(3)11-16/h9-11,17,19H,7-8,12-13H2,1-6H3. The largest absolute Gasteiger partial charge is 0.379 e. The van der Waals surface area contributed by atoms with Crippen molar-refractivity contribution in [2.75, 3.05) is 13.7 Å². The van der Waals surface area contributed by atoms with Crippen molar-refractivity contribution in [1.82, 2.24) is 5.32 Å². The molecule has 0 heterocycles. The minimum atomic E-state index is -0.0791. The molecule has 0 aliphatic rings. The van der Waals surface area contributed by atoms with Crippen molar-refractivity contribution in [3.63, 3.8) is 0 Å². The molecule has 2 heteroatoms. The molecule has 1 rings (SSSR count). The van der Waals surface area contributed by atoms with Gasteiger partial charge in [0.25, 0.3) is 0 Å². The van der Waals surface area contributed by atoms with Gasteiger partial charge in [-0.25, -0.2) is 0 Å². The molecule has 0 aliphatic heterocycles. The van der Waals surface area contributed by atoms with Crippen LogP contribution in [0.4, 0.5) is 0 Å². The normalized spacial score (nSPS) is 13.5. The Labute approximate surface area is 124 Å². The number of aryl methyl sites for hydroxylation is 2. The molecule has 1 N–H and O–H groups in total. The summed E-state index contributed by atoms with van der Waals surface area (Å²) in [5.41, 5.74) is 4.04. The van der Waals surface area contributed by atoms with E-state index in [0.717, 1.165) is 25.8 Å². The van der Waals surface area contributed by atoms with Crippen LogP contribution >= 0.6 is 0 Å². The van der Waals surface area contributed by atoms with E-state index < -0.39 is 0 Å². The smallest absolute Gasteiger partial charge is 0.0637 e. The maximum atomic E-state index is 5.59. The van der Waals surface area contributed by atoms with E-state index in [-0.39, 0.29) is 5.60 Å². The first-order valence-corrected chi connectivity index (χ1v) is 7.72. The van der Waals surface area contributed by atoms with E-state index in [1.807, 2.05) is 0 Å². The number of hydrogen-bond donors (Lipinski definition) is 1. The summed E-state index contributed by atoms with van der Waals surface area (Å²) in [6, 6.07) is 7.30. The zero-order chi connectivity index (χ0) is 15.2.